The number of amides is 1. The zero-order valence-corrected chi connectivity index (χ0v) is 19.4. The Morgan fingerprint density at radius 2 is 1.91 bits per heavy atom. The van der Waals surface area contributed by atoms with Gasteiger partial charge in [-0.25, -0.2) is 4.39 Å². The number of hydrogen-bond donors (Lipinski definition) is 1. The van der Waals surface area contributed by atoms with Gasteiger partial charge in [0.2, 0.25) is 0 Å². The monoisotopic (exact) mass is 476 g/mol. The van der Waals surface area contributed by atoms with E-state index in [9.17, 15) is 19.1 Å². The molecule has 1 atom stereocenters. The molecule has 1 aromatic heterocycles. The number of ether oxygens (including phenoxy) is 2. The van der Waals surface area contributed by atoms with Gasteiger partial charge in [-0.1, -0.05) is 25.1 Å². The molecule has 2 aromatic carbocycles. The lowest BCUT2D eigenvalue weighted by Gasteiger charge is -2.25. The van der Waals surface area contributed by atoms with Gasteiger partial charge in [0, 0.05) is 24.5 Å². The average Bonchev–Trinajstić information content (AvgIpc) is 3.12. The van der Waals surface area contributed by atoms with Gasteiger partial charge in [0.1, 0.15) is 11.5 Å². The van der Waals surface area contributed by atoms with Crippen LogP contribution >= 0.6 is 0 Å². The smallest absolute Gasteiger partial charge is 0.295 e. The molecule has 1 aliphatic rings. The maximum absolute atomic E-state index is 14.4. The summed E-state index contributed by atoms with van der Waals surface area (Å²) in [6.07, 6.45) is 4.07. The van der Waals surface area contributed by atoms with Crippen LogP contribution in [-0.4, -0.2) is 40.4 Å². The Morgan fingerprint density at radius 1 is 1.14 bits per heavy atom. The zero-order chi connectivity index (χ0) is 24.9. The lowest BCUT2D eigenvalue weighted by Crippen LogP contribution is -2.29. The van der Waals surface area contributed by atoms with Crippen molar-refractivity contribution in [3.05, 3.63) is 95.1 Å². The van der Waals surface area contributed by atoms with Crippen LogP contribution in [0.2, 0.25) is 0 Å². The number of hydrogen-bond acceptors (Lipinski definition) is 6. The van der Waals surface area contributed by atoms with Crippen molar-refractivity contribution in [3.8, 4) is 11.5 Å². The summed E-state index contributed by atoms with van der Waals surface area (Å²) in [5.41, 5.74) is 1.27. The van der Waals surface area contributed by atoms with Crippen LogP contribution in [0.25, 0.3) is 5.76 Å². The molecule has 1 aliphatic heterocycles. The van der Waals surface area contributed by atoms with Crippen molar-refractivity contribution in [2.24, 2.45) is 0 Å². The topological polar surface area (TPSA) is 89.0 Å². The number of methoxy groups -OCH3 is 1. The fourth-order valence-electron chi connectivity index (χ4n) is 4.01. The molecular formula is C27H25FN2O5. The van der Waals surface area contributed by atoms with Crippen molar-refractivity contribution < 1.29 is 28.6 Å². The van der Waals surface area contributed by atoms with E-state index in [1.54, 1.807) is 48.8 Å². The second kappa shape index (κ2) is 10.4. The van der Waals surface area contributed by atoms with Crippen LogP contribution in [0, 0.1) is 5.82 Å². The zero-order valence-electron chi connectivity index (χ0n) is 19.4. The lowest BCUT2D eigenvalue weighted by atomic mass is 9.95. The predicted octanol–water partition coefficient (Wildman–Crippen LogP) is 4.64. The SMILES string of the molecule is CCCOc1ccc(C2C(=C(O)c3ccc(OC)c(F)c3)C(=O)C(=O)N2Cc2cccnc2)cc1. The van der Waals surface area contributed by atoms with Gasteiger partial charge in [0.25, 0.3) is 11.7 Å². The Kier molecular flexibility index (Phi) is 7.10. The van der Waals surface area contributed by atoms with Crippen LogP contribution in [0.1, 0.15) is 36.1 Å². The van der Waals surface area contributed by atoms with Gasteiger partial charge in [0.15, 0.2) is 11.6 Å². The first-order valence-electron chi connectivity index (χ1n) is 11.2. The van der Waals surface area contributed by atoms with Crippen molar-refractivity contribution in [1.29, 1.82) is 0 Å². The number of likely N-dealkylation sites (tertiary alicyclic amines) is 1. The van der Waals surface area contributed by atoms with Crippen LogP contribution < -0.4 is 9.47 Å². The predicted molar refractivity (Wildman–Crippen MR) is 127 cm³/mol. The van der Waals surface area contributed by atoms with E-state index in [4.69, 9.17) is 9.47 Å². The molecular weight excluding hydrogens is 451 g/mol. The molecule has 4 rings (SSSR count). The highest BCUT2D eigenvalue weighted by Gasteiger charge is 2.46. The summed E-state index contributed by atoms with van der Waals surface area (Å²) in [5.74, 6) is -2.13. The van der Waals surface area contributed by atoms with Crippen molar-refractivity contribution in [2.45, 2.75) is 25.9 Å². The Bertz CT molecular complexity index is 1260. The Labute approximate surface area is 202 Å². The summed E-state index contributed by atoms with van der Waals surface area (Å²) in [6, 6.07) is 13.5. The van der Waals surface area contributed by atoms with Crippen LogP contribution in [0.15, 0.2) is 72.6 Å². The maximum atomic E-state index is 14.4. The molecule has 7 nitrogen and oxygen atoms in total. The highest BCUT2D eigenvalue weighted by molar-refractivity contribution is 6.46. The number of carbonyl (C=O) groups is 2. The summed E-state index contributed by atoms with van der Waals surface area (Å²) >= 11 is 0. The fourth-order valence-corrected chi connectivity index (χ4v) is 4.01. The molecule has 1 amide bonds. The van der Waals surface area contributed by atoms with Crippen molar-refractivity contribution in [1.82, 2.24) is 9.88 Å². The summed E-state index contributed by atoms with van der Waals surface area (Å²) in [5, 5.41) is 11.1. The van der Waals surface area contributed by atoms with E-state index >= 15 is 0 Å². The molecule has 35 heavy (non-hydrogen) atoms. The first-order chi connectivity index (χ1) is 16.9. The number of ketones is 1. The first-order valence-corrected chi connectivity index (χ1v) is 11.2. The van der Waals surface area contributed by atoms with Gasteiger partial charge in [-0.3, -0.25) is 14.6 Å². The van der Waals surface area contributed by atoms with Crippen LogP contribution in [0.3, 0.4) is 0 Å². The van der Waals surface area contributed by atoms with E-state index in [2.05, 4.69) is 4.98 Å². The van der Waals surface area contributed by atoms with E-state index in [1.165, 1.54) is 24.1 Å². The molecule has 1 N–H and O–H groups in total. The Balaban J connectivity index is 1.81. The molecule has 0 radical (unpaired) electrons. The van der Waals surface area contributed by atoms with E-state index in [0.29, 0.717) is 17.9 Å². The number of pyridine rings is 1. The largest absolute Gasteiger partial charge is 0.507 e. The van der Waals surface area contributed by atoms with E-state index in [1.807, 2.05) is 6.92 Å². The van der Waals surface area contributed by atoms with Crippen molar-refractivity contribution in [2.75, 3.05) is 13.7 Å². The molecule has 180 valence electrons. The molecule has 2 heterocycles. The summed E-state index contributed by atoms with van der Waals surface area (Å²) < 4.78 is 24.9. The van der Waals surface area contributed by atoms with Gasteiger partial charge >= 0.3 is 0 Å². The number of carbonyl (C=O) groups excluding carboxylic acids is 2. The number of nitrogens with zero attached hydrogens (tertiary/aromatic N) is 2. The minimum absolute atomic E-state index is 0.00204. The number of aliphatic hydroxyl groups is 1. The second-order valence-electron chi connectivity index (χ2n) is 8.06. The van der Waals surface area contributed by atoms with Crippen molar-refractivity contribution in [3.63, 3.8) is 0 Å². The maximum Gasteiger partial charge on any atom is 0.295 e. The molecule has 0 saturated carbocycles. The minimum Gasteiger partial charge on any atom is -0.507 e. The van der Waals surface area contributed by atoms with Gasteiger partial charge in [-0.2, -0.15) is 0 Å². The molecule has 0 aliphatic carbocycles. The summed E-state index contributed by atoms with van der Waals surface area (Å²) in [7, 11) is 1.33. The minimum atomic E-state index is -0.888. The molecule has 0 bridgehead atoms. The number of rotatable bonds is 8. The summed E-state index contributed by atoms with van der Waals surface area (Å²) in [4.78, 5) is 31.7. The molecule has 1 saturated heterocycles. The van der Waals surface area contributed by atoms with Gasteiger partial charge in [0.05, 0.1) is 25.3 Å². The lowest BCUT2D eigenvalue weighted by molar-refractivity contribution is -0.140. The number of benzene rings is 2. The first kappa shape index (κ1) is 23.9. The van der Waals surface area contributed by atoms with E-state index in [0.717, 1.165) is 18.1 Å². The third kappa shape index (κ3) is 4.87. The number of halogens is 1. The highest BCUT2D eigenvalue weighted by atomic mass is 19.1. The number of aliphatic hydroxyl groups excluding tert-OH is 1. The quantitative estimate of drug-likeness (QED) is 0.290. The second-order valence-corrected chi connectivity index (χ2v) is 8.06. The highest BCUT2D eigenvalue weighted by Crippen LogP contribution is 2.41. The molecule has 1 fully saturated rings. The number of aromatic nitrogens is 1. The average molecular weight is 477 g/mol. The Morgan fingerprint density at radius 3 is 2.54 bits per heavy atom. The summed E-state index contributed by atoms with van der Waals surface area (Å²) in [6.45, 7) is 2.66. The van der Waals surface area contributed by atoms with Gasteiger partial charge in [-0.15, -0.1) is 0 Å². The Hall–Kier alpha value is -4.20. The van der Waals surface area contributed by atoms with E-state index in [-0.39, 0.29) is 23.4 Å². The standard InChI is InChI=1S/C27H25FN2O5/c1-3-13-35-20-9-6-18(7-10-20)24-23(25(31)19-8-11-22(34-2)21(28)14-19)26(32)27(33)30(24)16-17-5-4-12-29-15-17/h4-12,14-15,24,31H,3,13,16H2,1-2H3. The third-order valence-corrected chi connectivity index (χ3v) is 5.71. The van der Waals surface area contributed by atoms with Crippen LogP contribution in [0.5, 0.6) is 11.5 Å². The molecule has 1 unspecified atom stereocenters. The van der Waals surface area contributed by atoms with Crippen LogP contribution in [0.4, 0.5) is 4.39 Å². The van der Waals surface area contributed by atoms with Crippen molar-refractivity contribution >= 4 is 17.4 Å². The molecule has 8 heteroatoms. The fraction of sp³-hybridized carbons (Fsp3) is 0.222. The molecule has 3 aromatic rings. The number of Topliss-reactive ketones (excluding diaryl/α,β-unsaturated/α-hetero) is 1. The van der Waals surface area contributed by atoms with Gasteiger partial charge in [-0.05, 0) is 53.9 Å². The van der Waals surface area contributed by atoms with Gasteiger partial charge < -0.3 is 19.5 Å². The van der Waals surface area contributed by atoms with Crippen LogP contribution in [-0.2, 0) is 16.1 Å². The molecule has 0 spiro atoms. The van der Waals surface area contributed by atoms with E-state index < -0.39 is 29.3 Å². The third-order valence-electron chi connectivity index (χ3n) is 5.71. The normalized spacial score (nSPS) is 17.0.